The van der Waals surface area contributed by atoms with Crippen molar-refractivity contribution in [1.82, 2.24) is 15.4 Å². The molecule has 3 aromatic rings. The first kappa shape index (κ1) is 15.4. The third-order valence-corrected chi connectivity index (χ3v) is 3.61. The van der Waals surface area contributed by atoms with E-state index in [2.05, 4.69) is 20.5 Å². The number of amides is 1. The van der Waals surface area contributed by atoms with E-state index >= 15 is 0 Å². The molecule has 1 amide bonds. The molecule has 0 saturated heterocycles. The lowest BCUT2D eigenvalue weighted by Gasteiger charge is -2.03. The lowest BCUT2D eigenvalue weighted by atomic mass is 10.2. The maximum Gasteiger partial charge on any atom is 0.271 e. The quantitative estimate of drug-likeness (QED) is 0.447. The van der Waals surface area contributed by atoms with Crippen molar-refractivity contribution < 1.29 is 4.79 Å². The standard InChI is InChI=1S/C16H10Cl2N4O/c17-13-1-2-14-11(8-13)7-12(15(18)21-14)9-20-22-16(23)10-3-5-19-6-4-10/h1-9H,(H,22,23)/b20-9-. The van der Waals surface area contributed by atoms with Crippen LogP contribution in [0.5, 0.6) is 0 Å². The Hall–Kier alpha value is -2.50. The minimum Gasteiger partial charge on any atom is -0.267 e. The highest BCUT2D eigenvalue weighted by Crippen LogP contribution is 2.22. The van der Waals surface area contributed by atoms with Crippen molar-refractivity contribution in [2.75, 3.05) is 0 Å². The first-order valence-corrected chi connectivity index (χ1v) is 7.38. The van der Waals surface area contributed by atoms with Gasteiger partial charge in [0, 0.05) is 33.9 Å². The van der Waals surface area contributed by atoms with Gasteiger partial charge < -0.3 is 0 Å². The van der Waals surface area contributed by atoms with E-state index in [0.29, 0.717) is 21.3 Å². The zero-order valence-corrected chi connectivity index (χ0v) is 13.2. The van der Waals surface area contributed by atoms with Crippen molar-refractivity contribution in [3.05, 3.63) is 70.1 Å². The van der Waals surface area contributed by atoms with Crippen molar-refractivity contribution in [3.8, 4) is 0 Å². The molecule has 0 fully saturated rings. The normalized spacial score (nSPS) is 11.0. The van der Waals surface area contributed by atoms with Crippen LogP contribution in [0.25, 0.3) is 10.9 Å². The predicted molar refractivity (Wildman–Crippen MR) is 91.1 cm³/mol. The molecule has 0 aliphatic rings. The van der Waals surface area contributed by atoms with Crippen LogP contribution in [0, 0.1) is 0 Å². The fourth-order valence-electron chi connectivity index (χ4n) is 1.96. The number of fused-ring (bicyclic) bond motifs is 1. The van der Waals surface area contributed by atoms with Crippen molar-refractivity contribution in [2.24, 2.45) is 5.10 Å². The van der Waals surface area contributed by atoms with Crippen molar-refractivity contribution >= 4 is 46.2 Å². The number of aromatic nitrogens is 2. The number of hydrogen-bond donors (Lipinski definition) is 1. The van der Waals surface area contributed by atoms with Gasteiger partial charge in [-0.05, 0) is 36.4 Å². The number of rotatable bonds is 3. The number of hydrazone groups is 1. The maximum atomic E-state index is 11.9. The summed E-state index contributed by atoms with van der Waals surface area (Å²) in [4.78, 5) is 20.0. The van der Waals surface area contributed by atoms with E-state index in [0.717, 1.165) is 10.9 Å². The zero-order chi connectivity index (χ0) is 16.2. The zero-order valence-electron chi connectivity index (χ0n) is 11.7. The molecule has 0 aliphatic carbocycles. The summed E-state index contributed by atoms with van der Waals surface area (Å²) in [5, 5.41) is 5.64. The van der Waals surface area contributed by atoms with E-state index in [1.807, 2.05) is 0 Å². The van der Waals surface area contributed by atoms with Crippen LogP contribution < -0.4 is 5.43 Å². The van der Waals surface area contributed by atoms with E-state index in [1.54, 1.807) is 36.4 Å². The Balaban J connectivity index is 1.80. The van der Waals surface area contributed by atoms with Gasteiger partial charge in [0.1, 0.15) is 5.15 Å². The van der Waals surface area contributed by atoms with Crippen LogP contribution in [-0.2, 0) is 0 Å². The molecule has 5 nitrogen and oxygen atoms in total. The van der Waals surface area contributed by atoms with Crippen LogP contribution in [0.2, 0.25) is 10.2 Å². The Kier molecular flexibility index (Phi) is 4.50. The molecule has 0 bridgehead atoms. The number of hydrogen-bond acceptors (Lipinski definition) is 4. The van der Waals surface area contributed by atoms with Crippen molar-refractivity contribution in [1.29, 1.82) is 0 Å². The molecule has 2 heterocycles. The summed E-state index contributed by atoms with van der Waals surface area (Å²) in [7, 11) is 0. The molecule has 0 aliphatic heterocycles. The SMILES string of the molecule is O=C(N/N=C\c1cc2cc(Cl)ccc2nc1Cl)c1ccncc1. The Labute approximate surface area is 142 Å². The third kappa shape index (κ3) is 3.64. The number of nitrogens with one attached hydrogen (secondary N) is 1. The van der Waals surface area contributed by atoms with Gasteiger partial charge in [0.15, 0.2) is 0 Å². The van der Waals surface area contributed by atoms with Crippen molar-refractivity contribution in [2.45, 2.75) is 0 Å². The smallest absolute Gasteiger partial charge is 0.267 e. The second-order valence-corrected chi connectivity index (χ2v) is 5.43. The summed E-state index contributed by atoms with van der Waals surface area (Å²) < 4.78 is 0. The van der Waals surface area contributed by atoms with E-state index in [4.69, 9.17) is 23.2 Å². The number of pyridine rings is 2. The van der Waals surface area contributed by atoms with Gasteiger partial charge in [0.2, 0.25) is 0 Å². The molecule has 23 heavy (non-hydrogen) atoms. The highest BCUT2D eigenvalue weighted by molar-refractivity contribution is 6.33. The average molecular weight is 345 g/mol. The molecule has 7 heteroatoms. The molecule has 0 radical (unpaired) electrons. The summed E-state index contributed by atoms with van der Waals surface area (Å²) in [5.74, 6) is -0.337. The summed E-state index contributed by atoms with van der Waals surface area (Å²) >= 11 is 12.1. The summed E-state index contributed by atoms with van der Waals surface area (Å²) in [6.45, 7) is 0. The van der Waals surface area contributed by atoms with E-state index in [-0.39, 0.29) is 5.91 Å². The molecule has 0 saturated carbocycles. The van der Waals surface area contributed by atoms with Gasteiger partial charge in [-0.3, -0.25) is 9.78 Å². The predicted octanol–water partition coefficient (Wildman–Crippen LogP) is 3.70. The van der Waals surface area contributed by atoms with Gasteiger partial charge in [-0.25, -0.2) is 10.4 Å². The van der Waals surface area contributed by atoms with E-state index in [1.165, 1.54) is 18.6 Å². The molecule has 114 valence electrons. The maximum absolute atomic E-state index is 11.9. The van der Waals surface area contributed by atoms with Crippen molar-refractivity contribution in [3.63, 3.8) is 0 Å². The molecule has 3 rings (SSSR count). The first-order valence-electron chi connectivity index (χ1n) is 6.63. The first-order chi connectivity index (χ1) is 11.1. The number of halogens is 2. The van der Waals surface area contributed by atoms with Crippen LogP contribution in [0.3, 0.4) is 0 Å². The van der Waals surface area contributed by atoms with Crippen LogP contribution in [0.1, 0.15) is 15.9 Å². The molecule has 0 unspecified atom stereocenters. The molecule has 1 N–H and O–H groups in total. The van der Waals surface area contributed by atoms with Gasteiger partial charge in [0.25, 0.3) is 5.91 Å². The topological polar surface area (TPSA) is 67.2 Å². The molecular formula is C16H10Cl2N4O. The number of carbonyl (C=O) groups is 1. The fourth-order valence-corrected chi connectivity index (χ4v) is 2.33. The number of nitrogens with zero attached hydrogens (tertiary/aromatic N) is 3. The minimum atomic E-state index is -0.337. The van der Waals surface area contributed by atoms with Crippen LogP contribution >= 0.6 is 23.2 Å². The fraction of sp³-hybridized carbons (Fsp3) is 0. The molecule has 1 aromatic carbocycles. The number of carbonyl (C=O) groups excluding carboxylic acids is 1. The van der Waals surface area contributed by atoms with Crippen LogP contribution in [0.4, 0.5) is 0 Å². The molecule has 0 spiro atoms. The second kappa shape index (κ2) is 6.73. The Bertz CT molecular complexity index is 897. The molecule has 2 aromatic heterocycles. The minimum absolute atomic E-state index is 0.293. The van der Waals surface area contributed by atoms with Gasteiger partial charge >= 0.3 is 0 Å². The van der Waals surface area contributed by atoms with E-state index < -0.39 is 0 Å². The monoisotopic (exact) mass is 344 g/mol. The van der Waals surface area contributed by atoms with Gasteiger partial charge in [-0.15, -0.1) is 0 Å². The summed E-state index contributed by atoms with van der Waals surface area (Å²) in [6, 6.07) is 10.3. The molecular weight excluding hydrogens is 335 g/mol. The lowest BCUT2D eigenvalue weighted by Crippen LogP contribution is -2.17. The summed E-state index contributed by atoms with van der Waals surface area (Å²) in [5.41, 5.74) is 4.20. The van der Waals surface area contributed by atoms with Crippen LogP contribution in [0.15, 0.2) is 53.9 Å². The largest absolute Gasteiger partial charge is 0.271 e. The van der Waals surface area contributed by atoms with E-state index in [9.17, 15) is 4.79 Å². The molecule has 0 atom stereocenters. The number of benzene rings is 1. The third-order valence-electron chi connectivity index (χ3n) is 3.07. The van der Waals surface area contributed by atoms with Crippen LogP contribution in [-0.4, -0.2) is 22.1 Å². The van der Waals surface area contributed by atoms with Gasteiger partial charge in [-0.2, -0.15) is 5.10 Å². The Morgan fingerprint density at radius 3 is 2.70 bits per heavy atom. The highest BCUT2D eigenvalue weighted by Gasteiger charge is 2.05. The van der Waals surface area contributed by atoms with Gasteiger partial charge in [-0.1, -0.05) is 23.2 Å². The van der Waals surface area contributed by atoms with Gasteiger partial charge in [0.05, 0.1) is 11.7 Å². The Morgan fingerprint density at radius 1 is 1.13 bits per heavy atom. The second-order valence-electron chi connectivity index (χ2n) is 4.64. The Morgan fingerprint density at radius 2 is 1.91 bits per heavy atom. The highest BCUT2D eigenvalue weighted by atomic mass is 35.5. The lowest BCUT2D eigenvalue weighted by molar-refractivity contribution is 0.0955. The average Bonchev–Trinajstić information content (AvgIpc) is 2.56. The summed E-state index contributed by atoms with van der Waals surface area (Å²) in [6.07, 6.45) is 4.51.